The summed E-state index contributed by atoms with van der Waals surface area (Å²) < 4.78 is 5.95. The molecule has 1 rings (SSSR count). The summed E-state index contributed by atoms with van der Waals surface area (Å²) in [7, 11) is -0.484. The van der Waals surface area contributed by atoms with Crippen molar-refractivity contribution in [2.45, 2.75) is 46.6 Å². The monoisotopic (exact) mass is 262 g/mol. The van der Waals surface area contributed by atoms with Gasteiger partial charge in [-0.3, -0.25) is 0 Å². The van der Waals surface area contributed by atoms with Crippen molar-refractivity contribution >= 4 is 9.76 Å². The average molecular weight is 262 g/mol. The molecule has 0 saturated carbocycles. The fourth-order valence-corrected chi connectivity index (χ4v) is 2.57. The van der Waals surface area contributed by atoms with Gasteiger partial charge in [-0.1, -0.05) is 58.0 Å². The maximum Gasteiger partial charge on any atom is 0.222 e. The molecule has 0 radical (unpaired) electrons. The molecule has 0 bridgehead atoms. The number of allylic oxidation sites excluding steroid dienone is 2. The van der Waals surface area contributed by atoms with Crippen molar-refractivity contribution < 1.29 is 4.43 Å². The zero-order valence-electron chi connectivity index (χ0n) is 12.4. The van der Waals surface area contributed by atoms with Gasteiger partial charge in [-0.25, -0.2) is 0 Å². The highest BCUT2D eigenvalue weighted by Crippen LogP contribution is 2.30. The molecule has 1 aromatic carbocycles. The molecule has 0 spiro atoms. The minimum Gasteiger partial charge on any atom is -0.552 e. The van der Waals surface area contributed by atoms with Gasteiger partial charge in [0.1, 0.15) is 0 Å². The molecule has 0 aliphatic carbocycles. The molecule has 0 saturated heterocycles. The van der Waals surface area contributed by atoms with Crippen molar-refractivity contribution in [3.05, 3.63) is 47.7 Å². The molecule has 1 aromatic rings. The minimum atomic E-state index is -0.484. The Morgan fingerprint density at radius 1 is 1.28 bits per heavy atom. The van der Waals surface area contributed by atoms with E-state index in [0.717, 1.165) is 12.2 Å². The molecule has 0 heterocycles. The molecule has 0 aliphatic heterocycles. The van der Waals surface area contributed by atoms with E-state index in [9.17, 15) is 0 Å². The first kappa shape index (κ1) is 15.0. The van der Waals surface area contributed by atoms with Crippen LogP contribution < -0.4 is 0 Å². The Labute approximate surface area is 114 Å². The van der Waals surface area contributed by atoms with Crippen LogP contribution in [0, 0.1) is 5.41 Å². The lowest BCUT2D eigenvalue weighted by Gasteiger charge is -2.26. The molecule has 0 N–H and O–H groups in total. The van der Waals surface area contributed by atoms with E-state index >= 15 is 0 Å². The third-order valence-electron chi connectivity index (χ3n) is 3.51. The van der Waals surface area contributed by atoms with Gasteiger partial charge in [-0.05, 0) is 35.9 Å². The predicted octanol–water partition coefficient (Wildman–Crippen LogP) is 4.09. The van der Waals surface area contributed by atoms with E-state index < -0.39 is 9.76 Å². The Morgan fingerprint density at radius 3 is 2.44 bits per heavy atom. The van der Waals surface area contributed by atoms with Crippen LogP contribution in [0.3, 0.4) is 0 Å². The van der Waals surface area contributed by atoms with Crippen LogP contribution in [-0.2, 0) is 10.8 Å². The summed E-state index contributed by atoms with van der Waals surface area (Å²) in [5, 5.41) is 0. The lowest BCUT2D eigenvalue weighted by atomic mass is 9.93. The summed E-state index contributed by atoms with van der Waals surface area (Å²) in [4.78, 5) is 0. The van der Waals surface area contributed by atoms with Crippen molar-refractivity contribution in [2.24, 2.45) is 5.41 Å². The Bertz CT molecular complexity index is 376. The van der Waals surface area contributed by atoms with Crippen molar-refractivity contribution in [1.29, 1.82) is 0 Å². The van der Waals surface area contributed by atoms with Gasteiger partial charge < -0.3 is 4.43 Å². The number of hydrogen-bond donors (Lipinski definition) is 0. The van der Waals surface area contributed by atoms with E-state index in [2.05, 4.69) is 71.0 Å². The number of hydrogen-bond acceptors (Lipinski definition) is 1. The zero-order chi connectivity index (χ0) is 13.6. The van der Waals surface area contributed by atoms with Crippen LogP contribution in [0.5, 0.6) is 0 Å². The van der Waals surface area contributed by atoms with Crippen molar-refractivity contribution in [3.8, 4) is 0 Å². The number of rotatable bonds is 5. The van der Waals surface area contributed by atoms with Crippen LogP contribution in [-0.4, -0.2) is 9.76 Å². The fraction of sp³-hybridized carbons (Fsp3) is 0.500. The molecule has 0 amide bonds. The summed E-state index contributed by atoms with van der Waals surface area (Å²) in [6, 6.07) is 10.5. The first-order valence-electron chi connectivity index (χ1n) is 6.73. The van der Waals surface area contributed by atoms with Crippen LogP contribution >= 0.6 is 0 Å². The average Bonchev–Trinajstić information content (AvgIpc) is 2.33. The predicted molar refractivity (Wildman–Crippen MR) is 82.4 cm³/mol. The van der Waals surface area contributed by atoms with Crippen molar-refractivity contribution in [3.63, 3.8) is 0 Å². The molecule has 18 heavy (non-hydrogen) atoms. The molecule has 0 aliphatic rings. The van der Waals surface area contributed by atoms with Crippen LogP contribution in [0.4, 0.5) is 0 Å². The second-order valence-electron chi connectivity index (χ2n) is 6.08. The first-order valence-corrected chi connectivity index (χ1v) is 8.12. The second-order valence-corrected chi connectivity index (χ2v) is 7.93. The largest absolute Gasteiger partial charge is 0.552 e. The van der Waals surface area contributed by atoms with Gasteiger partial charge in [0.25, 0.3) is 0 Å². The standard InChI is InChI=1S/C16H26OSi/c1-13(17-18-14(2)16(3,4)5)11-12-15-9-7-6-8-10-15/h6-11,14H,12,18H2,1-5H3. The Kier molecular flexibility index (Phi) is 5.67. The Balaban J connectivity index is 2.39. The molecular formula is C16H26OSi. The molecule has 0 aromatic heterocycles. The van der Waals surface area contributed by atoms with Gasteiger partial charge in [0.05, 0.1) is 5.76 Å². The van der Waals surface area contributed by atoms with Crippen molar-refractivity contribution in [1.82, 2.24) is 0 Å². The van der Waals surface area contributed by atoms with E-state index in [1.54, 1.807) is 0 Å². The zero-order valence-corrected chi connectivity index (χ0v) is 13.8. The van der Waals surface area contributed by atoms with Gasteiger partial charge in [-0.2, -0.15) is 0 Å². The molecule has 1 nitrogen and oxygen atoms in total. The summed E-state index contributed by atoms with van der Waals surface area (Å²) in [5.74, 6) is 1.08. The molecule has 1 unspecified atom stereocenters. The van der Waals surface area contributed by atoms with Gasteiger partial charge in [0.15, 0.2) is 0 Å². The van der Waals surface area contributed by atoms with Crippen molar-refractivity contribution in [2.75, 3.05) is 0 Å². The van der Waals surface area contributed by atoms with E-state index in [0.29, 0.717) is 11.0 Å². The summed E-state index contributed by atoms with van der Waals surface area (Å²) in [6.45, 7) is 11.2. The molecular weight excluding hydrogens is 236 g/mol. The van der Waals surface area contributed by atoms with Gasteiger partial charge in [0.2, 0.25) is 9.76 Å². The lowest BCUT2D eigenvalue weighted by molar-refractivity contribution is 0.354. The third kappa shape index (κ3) is 5.54. The first-order chi connectivity index (χ1) is 8.39. The highest BCUT2D eigenvalue weighted by molar-refractivity contribution is 6.30. The topological polar surface area (TPSA) is 9.23 Å². The summed E-state index contributed by atoms with van der Waals surface area (Å²) in [5.41, 5.74) is 2.40. The van der Waals surface area contributed by atoms with Crippen LogP contribution in [0.15, 0.2) is 42.2 Å². The quantitative estimate of drug-likeness (QED) is 0.574. The highest BCUT2D eigenvalue weighted by atomic mass is 28.2. The SMILES string of the molecule is CC(=CCc1ccccc1)O[SiH2]C(C)C(C)(C)C. The summed E-state index contributed by atoms with van der Waals surface area (Å²) >= 11 is 0. The molecule has 100 valence electrons. The van der Waals surface area contributed by atoms with E-state index in [1.807, 2.05) is 0 Å². The molecule has 2 heteroatoms. The van der Waals surface area contributed by atoms with Crippen LogP contribution in [0.25, 0.3) is 0 Å². The normalized spacial score (nSPS) is 15.1. The van der Waals surface area contributed by atoms with E-state index in [1.165, 1.54) is 5.56 Å². The minimum absolute atomic E-state index is 0.367. The lowest BCUT2D eigenvalue weighted by Crippen LogP contribution is -2.19. The number of benzene rings is 1. The van der Waals surface area contributed by atoms with Gasteiger partial charge >= 0.3 is 0 Å². The molecule has 0 fully saturated rings. The smallest absolute Gasteiger partial charge is 0.222 e. The van der Waals surface area contributed by atoms with Crippen LogP contribution in [0.1, 0.15) is 40.2 Å². The maximum atomic E-state index is 5.95. The second kappa shape index (κ2) is 6.79. The Morgan fingerprint density at radius 2 is 1.89 bits per heavy atom. The third-order valence-corrected chi connectivity index (χ3v) is 5.85. The van der Waals surface area contributed by atoms with E-state index in [4.69, 9.17) is 4.43 Å². The Hall–Kier alpha value is -1.02. The molecule has 1 atom stereocenters. The fourth-order valence-electron chi connectivity index (χ4n) is 1.44. The van der Waals surface area contributed by atoms with E-state index in [-0.39, 0.29) is 0 Å². The summed E-state index contributed by atoms with van der Waals surface area (Å²) in [6.07, 6.45) is 3.16. The highest BCUT2D eigenvalue weighted by Gasteiger charge is 2.21. The van der Waals surface area contributed by atoms with Crippen LogP contribution in [0.2, 0.25) is 5.54 Å². The van der Waals surface area contributed by atoms with Gasteiger partial charge in [0, 0.05) is 0 Å². The maximum absolute atomic E-state index is 5.95. The van der Waals surface area contributed by atoms with Gasteiger partial charge in [-0.15, -0.1) is 0 Å².